The highest BCUT2D eigenvalue weighted by molar-refractivity contribution is 5.28. The predicted molar refractivity (Wildman–Crippen MR) is 36.4 cm³/mol. The Morgan fingerprint density at radius 1 is 0.667 bits per heavy atom. The summed E-state index contributed by atoms with van der Waals surface area (Å²) in [6, 6.07) is -0.117. The number of hydrogen-bond acceptors (Lipinski definition) is 0. The zero-order valence-corrected chi connectivity index (χ0v) is 6.88. The van der Waals surface area contributed by atoms with Crippen molar-refractivity contribution in [3.8, 4) is 0 Å². The molecule has 7 heteroatoms. The summed E-state index contributed by atoms with van der Waals surface area (Å²) in [6.07, 6.45) is -10.00. The topological polar surface area (TPSA) is 0 Å². The van der Waals surface area contributed by atoms with Crippen molar-refractivity contribution in [3.05, 3.63) is 35.1 Å². The molecule has 15 heavy (non-hydrogen) atoms. The lowest BCUT2D eigenvalue weighted by molar-refractivity contribution is -0.143. The van der Waals surface area contributed by atoms with Gasteiger partial charge in [0, 0.05) is 0 Å². The second-order valence-electron chi connectivity index (χ2n) is 2.72. The van der Waals surface area contributed by atoms with E-state index in [0.29, 0.717) is 0 Å². The highest BCUT2D eigenvalue weighted by atomic mass is 19.4. The van der Waals surface area contributed by atoms with Crippen LogP contribution >= 0.6 is 0 Å². The highest BCUT2D eigenvalue weighted by Crippen LogP contribution is 2.35. The number of halogens is 7. The highest BCUT2D eigenvalue weighted by Gasteiger charge is 2.36. The van der Waals surface area contributed by atoms with Crippen molar-refractivity contribution in [2.24, 2.45) is 0 Å². The Labute approximate surface area is 79.3 Å². The van der Waals surface area contributed by atoms with Gasteiger partial charge in [0.2, 0.25) is 0 Å². The molecular formula is C8H3F7. The SMILES string of the molecule is Fc1cc(C(F)(F)F)cc(C(F)(F)F)c1. The molecule has 0 amide bonds. The van der Waals surface area contributed by atoms with Gasteiger partial charge in [0.15, 0.2) is 0 Å². The molecule has 1 aromatic carbocycles. The van der Waals surface area contributed by atoms with E-state index in [0.717, 1.165) is 0 Å². The van der Waals surface area contributed by atoms with Crippen molar-refractivity contribution in [2.45, 2.75) is 12.4 Å². The van der Waals surface area contributed by atoms with Crippen LogP contribution in [0.3, 0.4) is 0 Å². The van der Waals surface area contributed by atoms with Crippen LogP contribution < -0.4 is 0 Å². The van der Waals surface area contributed by atoms with Crippen LogP contribution in [0.4, 0.5) is 30.7 Å². The molecule has 1 aromatic rings. The molecule has 0 aliphatic rings. The molecule has 0 aliphatic carbocycles. The molecule has 0 aromatic heterocycles. The summed E-state index contributed by atoms with van der Waals surface area (Å²) in [5.41, 5.74) is -3.32. The van der Waals surface area contributed by atoms with Gasteiger partial charge < -0.3 is 0 Å². The van der Waals surface area contributed by atoms with Crippen LogP contribution in [-0.4, -0.2) is 0 Å². The standard InChI is InChI=1S/C8H3F7/c9-6-2-4(7(10,11)12)1-5(3-6)8(13,14)15/h1-3H. The lowest BCUT2D eigenvalue weighted by atomic mass is 10.1. The van der Waals surface area contributed by atoms with Crippen molar-refractivity contribution >= 4 is 0 Å². The quantitative estimate of drug-likeness (QED) is 0.595. The number of hydrogen-bond donors (Lipinski definition) is 0. The van der Waals surface area contributed by atoms with E-state index in [9.17, 15) is 30.7 Å². The molecule has 0 atom stereocenters. The first-order valence-electron chi connectivity index (χ1n) is 3.55. The Kier molecular flexibility index (Phi) is 2.67. The van der Waals surface area contributed by atoms with Crippen molar-refractivity contribution in [2.75, 3.05) is 0 Å². The number of rotatable bonds is 0. The monoisotopic (exact) mass is 232 g/mol. The molecule has 0 saturated heterocycles. The van der Waals surface area contributed by atoms with E-state index >= 15 is 0 Å². The number of benzene rings is 1. The van der Waals surface area contributed by atoms with Crippen molar-refractivity contribution < 1.29 is 30.7 Å². The van der Waals surface area contributed by atoms with Gasteiger partial charge >= 0.3 is 12.4 Å². The van der Waals surface area contributed by atoms with Gasteiger partial charge in [0.25, 0.3) is 0 Å². The third kappa shape index (κ3) is 2.84. The first-order chi connectivity index (χ1) is 6.60. The van der Waals surface area contributed by atoms with Crippen LogP contribution in [0.2, 0.25) is 0 Å². The fourth-order valence-electron chi connectivity index (χ4n) is 0.917. The van der Waals surface area contributed by atoms with Gasteiger partial charge in [-0.15, -0.1) is 0 Å². The summed E-state index contributed by atoms with van der Waals surface area (Å²) in [5.74, 6) is -1.57. The van der Waals surface area contributed by atoms with E-state index in [-0.39, 0.29) is 18.2 Å². The normalized spacial score (nSPS) is 13.0. The minimum absolute atomic E-state index is 0.00917. The molecule has 0 fully saturated rings. The molecule has 0 bridgehead atoms. The fourth-order valence-corrected chi connectivity index (χ4v) is 0.917. The molecule has 0 heterocycles. The van der Waals surface area contributed by atoms with E-state index < -0.39 is 29.3 Å². The van der Waals surface area contributed by atoms with Crippen molar-refractivity contribution in [1.82, 2.24) is 0 Å². The largest absolute Gasteiger partial charge is 0.416 e. The molecule has 0 saturated carbocycles. The maximum absolute atomic E-state index is 12.5. The summed E-state index contributed by atoms with van der Waals surface area (Å²) in [6.45, 7) is 0. The summed E-state index contributed by atoms with van der Waals surface area (Å²) < 4.78 is 84.5. The molecule has 0 N–H and O–H groups in total. The van der Waals surface area contributed by atoms with Crippen LogP contribution in [0.15, 0.2) is 18.2 Å². The first-order valence-corrected chi connectivity index (χ1v) is 3.55. The second-order valence-corrected chi connectivity index (χ2v) is 2.72. The van der Waals surface area contributed by atoms with Gasteiger partial charge in [-0.25, -0.2) is 4.39 Å². The average Bonchev–Trinajstić information content (AvgIpc) is 1.99. The van der Waals surface area contributed by atoms with Crippen LogP contribution in [0.25, 0.3) is 0 Å². The lowest BCUT2D eigenvalue weighted by Crippen LogP contribution is -2.11. The minimum atomic E-state index is -5.00. The van der Waals surface area contributed by atoms with E-state index in [1.807, 2.05) is 0 Å². The molecule has 1 rings (SSSR count). The Morgan fingerprint density at radius 2 is 1.00 bits per heavy atom. The van der Waals surface area contributed by atoms with Crippen molar-refractivity contribution in [1.29, 1.82) is 0 Å². The van der Waals surface area contributed by atoms with Gasteiger partial charge in [-0.3, -0.25) is 0 Å². The molecule has 0 radical (unpaired) electrons. The molecular weight excluding hydrogens is 229 g/mol. The Balaban J connectivity index is 3.30. The Morgan fingerprint density at radius 3 is 1.27 bits per heavy atom. The Bertz CT molecular complexity index is 328. The van der Waals surface area contributed by atoms with E-state index in [1.54, 1.807) is 0 Å². The zero-order valence-electron chi connectivity index (χ0n) is 6.88. The maximum Gasteiger partial charge on any atom is 0.416 e. The predicted octanol–water partition coefficient (Wildman–Crippen LogP) is 3.86. The van der Waals surface area contributed by atoms with Gasteiger partial charge in [0.05, 0.1) is 11.1 Å². The van der Waals surface area contributed by atoms with Gasteiger partial charge in [-0.2, -0.15) is 26.3 Å². The zero-order chi connectivity index (χ0) is 11.9. The lowest BCUT2D eigenvalue weighted by Gasteiger charge is -2.11. The molecule has 0 spiro atoms. The smallest absolute Gasteiger partial charge is 0.207 e. The van der Waals surface area contributed by atoms with E-state index in [4.69, 9.17) is 0 Å². The first kappa shape index (κ1) is 11.8. The van der Waals surface area contributed by atoms with Crippen molar-refractivity contribution in [3.63, 3.8) is 0 Å². The molecule has 0 unspecified atom stereocenters. The van der Waals surface area contributed by atoms with E-state index in [1.165, 1.54) is 0 Å². The second kappa shape index (κ2) is 3.39. The van der Waals surface area contributed by atoms with Gasteiger partial charge in [-0.1, -0.05) is 0 Å². The van der Waals surface area contributed by atoms with Crippen LogP contribution in [0.1, 0.15) is 11.1 Å². The fraction of sp³-hybridized carbons (Fsp3) is 0.250. The third-order valence-corrected chi connectivity index (χ3v) is 1.55. The molecule has 84 valence electrons. The maximum atomic E-state index is 12.5. The summed E-state index contributed by atoms with van der Waals surface area (Å²) in [5, 5.41) is 0. The third-order valence-electron chi connectivity index (χ3n) is 1.55. The van der Waals surface area contributed by atoms with Crippen LogP contribution in [0.5, 0.6) is 0 Å². The van der Waals surface area contributed by atoms with Gasteiger partial charge in [-0.05, 0) is 18.2 Å². The average molecular weight is 232 g/mol. The Hall–Kier alpha value is -1.27. The molecule has 0 nitrogen and oxygen atoms in total. The summed E-state index contributed by atoms with van der Waals surface area (Å²) in [4.78, 5) is 0. The number of alkyl halides is 6. The summed E-state index contributed by atoms with van der Waals surface area (Å²) in [7, 11) is 0. The van der Waals surface area contributed by atoms with Gasteiger partial charge in [0.1, 0.15) is 5.82 Å². The minimum Gasteiger partial charge on any atom is -0.207 e. The van der Waals surface area contributed by atoms with E-state index in [2.05, 4.69) is 0 Å². The van der Waals surface area contributed by atoms with Crippen LogP contribution in [0, 0.1) is 5.82 Å². The van der Waals surface area contributed by atoms with Crippen LogP contribution in [-0.2, 0) is 12.4 Å². The summed E-state index contributed by atoms with van der Waals surface area (Å²) >= 11 is 0. The molecule has 0 aliphatic heterocycles.